The highest BCUT2D eigenvalue weighted by atomic mass is 16.1. The predicted octanol–water partition coefficient (Wildman–Crippen LogP) is 3.52. The maximum absolute atomic E-state index is 12.4. The zero-order valence-electron chi connectivity index (χ0n) is 14.2. The number of nitrogens with zero attached hydrogens (tertiary/aromatic N) is 1. The Morgan fingerprint density at radius 2 is 1.95 bits per heavy atom. The van der Waals surface area contributed by atoms with Gasteiger partial charge in [0.05, 0.1) is 0 Å². The zero-order valence-corrected chi connectivity index (χ0v) is 14.2. The van der Waals surface area contributed by atoms with Crippen LogP contribution in [0.15, 0.2) is 12.1 Å². The van der Waals surface area contributed by atoms with Gasteiger partial charge in [0.2, 0.25) is 0 Å². The average molecular weight is 291 g/mol. The Morgan fingerprint density at radius 1 is 1.33 bits per heavy atom. The van der Waals surface area contributed by atoms with Crippen molar-refractivity contribution in [1.82, 2.24) is 10.3 Å². The van der Waals surface area contributed by atoms with Crippen molar-refractivity contribution in [2.75, 3.05) is 5.73 Å². The number of nitrogens with two attached hydrogens (primary N) is 1. The van der Waals surface area contributed by atoms with Gasteiger partial charge in [0.1, 0.15) is 5.82 Å². The van der Waals surface area contributed by atoms with Crippen LogP contribution in [-0.2, 0) is 5.41 Å². The summed E-state index contributed by atoms with van der Waals surface area (Å²) in [5.41, 5.74) is 7.13. The number of carbonyl (C=O) groups is 1. The molecule has 0 saturated carbocycles. The van der Waals surface area contributed by atoms with Crippen molar-refractivity contribution in [3.8, 4) is 0 Å². The topological polar surface area (TPSA) is 68.0 Å². The summed E-state index contributed by atoms with van der Waals surface area (Å²) in [5.74, 6) is 0.917. The fraction of sp³-hybridized carbons (Fsp3) is 0.647. The molecule has 118 valence electrons. The highest BCUT2D eigenvalue weighted by molar-refractivity contribution is 5.95. The van der Waals surface area contributed by atoms with Crippen molar-refractivity contribution in [3.63, 3.8) is 0 Å². The molecule has 4 heteroatoms. The Balaban J connectivity index is 2.85. The van der Waals surface area contributed by atoms with E-state index in [4.69, 9.17) is 5.73 Å². The predicted molar refractivity (Wildman–Crippen MR) is 88.3 cm³/mol. The largest absolute Gasteiger partial charge is 0.384 e. The molecule has 0 saturated heterocycles. The van der Waals surface area contributed by atoms with Crippen LogP contribution < -0.4 is 11.1 Å². The van der Waals surface area contributed by atoms with Gasteiger partial charge in [-0.1, -0.05) is 41.0 Å². The lowest BCUT2D eigenvalue weighted by Crippen LogP contribution is -2.34. The Morgan fingerprint density at radius 3 is 2.48 bits per heavy atom. The molecule has 1 rings (SSSR count). The first-order valence-corrected chi connectivity index (χ1v) is 7.72. The third-order valence-electron chi connectivity index (χ3n) is 3.71. The van der Waals surface area contributed by atoms with Crippen LogP contribution in [0, 0.1) is 5.92 Å². The molecular formula is C17H29N3O. The summed E-state index contributed by atoms with van der Waals surface area (Å²) in [7, 11) is 0. The zero-order chi connectivity index (χ0) is 16.2. The molecule has 1 aromatic rings. The number of amides is 1. The van der Waals surface area contributed by atoms with Gasteiger partial charge >= 0.3 is 0 Å². The van der Waals surface area contributed by atoms with E-state index in [0.717, 1.165) is 18.5 Å². The maximum atomic E-state index is 12.4. The van der Waals surface area contributed by atoms with Crippen LogP contribution in [0.5, 0.6) is 0 Å². The van der Waals surface area contributed by atoms with Crippen LogP contribution in [-0.4, -0.2) is 16.9 Å². The summed E-state index contributed by atoms with van der Waals surface area (Å²) in [5, 5.41) is 3.05. The molecule has 2 atom stereocenters. The Bertz CT molecular complexity index is 491. The molecule has 0 spiro atoms. The minimum Gasteiger partial charge on any atom is -0.384 e. The van der Waals surface area contributed by atoms with E-state index in [9.17, 15) is 4.79 Å². The molecular weight excluding hydrogens is 262 g/mol. The van der Waals surface area contributed by atoms with Gasteiger partial charge in [-0.15, -0.1) is 0 Å². The van der Waals surface area contributed by atoms with E-state index in [2.05, 4.69) is 44.9 Å². The van der Waals surface area contributed by atoms with Crippen LogP contribution >= 0.6 is 0 Å². The average Bonchev–Trinajstić information content (AvgIpc) is 2.36. The summed E-state index contributed by atoms with van der Waals surface area (Å²) < 4.78 is 0. The number of nitrogens with one attached hydrogen (secondary N) is 1. The van der Waals surface area contributed by atoms with Crippen molar-refractivity contribution in [3.05, 3.63) is 23.4 Å². The molecule has 0 radical (unpaired) electrons. The third kappa shape index (κ3) is 5.37. The van der Waals surface area contributed by atoms with Gasteiger partial charge in [0.15, 0.2) is 0 Å². The summed E-state index contributed by atoms with van der Waals surface area (Å²) in [6.45, 7) is 12.6. The number of anilines is 1. The fourth-order valence-corrected chi connectivity index (χ4v) is 2.20. The SMILES string of the molecule is CCC(C)CC(C)NC(=O)c1cc(N)nc(C(C)(C)C)c1. The first-order chi connectivity index (χ1) is 9.63. The lowest BCUT2D eigenvalue weighted by atomic mass is 9.90. The molecule has 2 unspecified atom stereocenters. The minimum absolute atomic E-state index is 0.0783. The molecule has 0 aromatic carbocycles. The van der Waals surface area contributed by atoms with Crippen LogP contribution in [0.4, 0.5) is 5.82 Å². The van der Waals surface area contributed by atoms with Gasteiger partial charge < -0.3 is 11.1 Å². The summed E-state index contributed by atoms with van der Waals surface area (Å²) in [4.78, 5) is 16.7. The normalized spacial score (nSPS) is 14.6. The molecule has 0 fully saturated rings. The number of rotatable bonds is 5. The molecule has 0 aliphatic carbocycles. The lowest BCUT2D eigenvalue weighted by molar-refractivity contribution is 0.0935. The minimum atomic E-state index is -0.132. The second kappa shape index (κ2) is 6.92. The molecule has 3 N–H and O–H groups in total. The van der Waals surface area contributed by atoms with E-state index in [1.165, 1.54) is 0 Å². The monoisotopic (exact) mass is 291 g/mol. The number of aromatic nitrogens is 1. The van der Waals surface area contributed by atoms with Crippen molar-refractivity contribution < 1.29 is 4.79 Å². The van der Waals surface area contributed by atoms with Gasteiger partial charge in [-0.3, -0.25) is 4.79 Å². The van der Waals surface area contributed by atoms with E-state index in [0.29, 0.717) is 17.3 Å². The molecule has 1 aromatic heterocycles. The fourth-order valence-electron chi connectivity index (χ4n) is 2.20. The Kier molecular flexibility index (Phi) is 5.76. The second-order valence-corrected chi connectivity index (χ2v) is 7.04. The molecule has 4 nitrogen and oxygen atoms in total. The number of carbonyl (C=O) groups excluding carboxylic acids is 1. The van der Waals surface area contributed by atoms with E-state index in [-0.39, 0.29) is 17.4 Å². The summed E-state index contributed by atoms with van der Waals surface area (Å²) >= 11 is 0. The van der Waals surface area contributed by atoms with E-state index < -0.39 is 0 Å². The summed E-state index contributed by atoms with van der Waals surface area (Å²) in [6, 6.07) is 3.63. The Hall–Kier alpha value is -1.58. The number of hydrogen-bond acceptors (Lipinski definition) is 3. The maximum Gasteiger partial charge on any atom is 0.251 e. The summed E-state index contributed by atoms with van der Waals surface area (Å²) in [6.07, 6.45) is 2.10. The number of nitrogen functional groups attached to an aromatic ring is 1. The molecule has 0 aliphatic heterocycles. The van der Waals surface area contributed by atoms with Gasteiger partial charge in [0, 0.05) is 22.7 Å². The standard InChI is InChI=1S/C17H29N3O/c1-7-11(2)8-12(3)19-16(21)13-9-14(17(4,5)6)20-15(18)10-13/h9-12H,7-8H2,1-6H3,(H2,18,20)(H,19,21). The molecule has 0 aliphatic rings. The quantitative estimate of drug-likeness (QED) is 0.872. The number of hydrogen-bond donors (Lipinski definition) is 2. The molecule has 21 heavy (non-hydrogen) atoms. The highest BCUT2D eigenvalue weighted by Gasteiger charge is 2.19. The van der Waals surface area contributed by atoms with Crippen molar-refractivity contribution in [2.45, 2.75) is 65.8 Å². The lowest BCUT2D eigenvalue weighted by Gasteiger charge is -2.20. The molecule has 1 amide bonds. The van der Waals surface area contributed by atoms with Crippen molar-refractivity contribution >= 4 is 11.7 Å². The third-order valence-corrected chi connectivity index (χ3v) is 3.71. The van der Waals surface area contributed by atoms with Gasteiger partial charge in [-0.05, 0) is 31.4 Å². The van der Waals surface area contributed by atoms with E-state index >= 15 is 0 Å². The first-order valence-electron chi connectivity index (χ1n) is 7.72. The first kappa shape index (κ1) is 17.5. The van der Waals surface area contributed by atoms with Crippen molar-refractivity contribution in [1.29, 1.82) is 0 Å². The number of pyridine rings is 1. The molecule has 1 heterocycles. The second-order valence-electron chi connectivity index (χ2n) is 7.04. The van der Waals surface area contributed by atoms with E-state index in [1.54, 1.807) is 6.07 Å². The van der Waals surface area contributed by atoms with Gasteiger partial charge in [-0.25, -0.2) is 4.98 Å². The highest BCUT2D eigenvalue weighted by Crippen LogP contribution is 2.22. The Labute approximate surface area is 128 Å². The van der Waals surface area contributed by atoms with Crippen LogP contribution in [0.3, 0.4) is 0 Å². The van der Waals surface area contributed by atoms with Crippen LogP contribution in [0.1, 0.15) is 70.4 Å². The smallest absolute Gasteiger partial charge is 0.251 e. The van der Waals surface area contributed by atoms with Crippen molar-refractivity contribution in [2.24, 2.45) is 5.92 Å². The van der Waals surface area contributed by atoms with Gasteiger partial charge in [-0.2, -0.15) is 0 Å². The molecule has 0 bridgehead atoms. The van der Waals surface area contributed by atoms with Gasteiger partial charge in [0.25, 0.3) is 5.91 Å². The van der Waals surface area contributed by atoms with E-state index in [1.807, 2.05) is 13.0 Å². The van der Waals surface area contributed by atoms with Crippen LogP contribution in [0.25, 0.3) is 0 Å². The van der Waals surface area contributed by atoms with Crippen LogP contribution in [0.2, 0.25) is 0 Å².